The summed E-state index contributed by atoms with van der Waals surface area (Å²) >= 11 is 0. The maximum atomic E-state index is 12.0. The molecule has 0 aliphatic rings. The quantitative estimate of drug-likeness (QED) is 0.789. The number of rotatable bonds is 7. The maximum absolute atomic E-state index is 12.0. The summed E-state index contributed by atoms with van der Waals surface area (Å²) in [4.78, 5) is 17.7. The van der Waals surface area contributed by atoms with Crippen molar-refractivity contribution in [1.82, 2.24) is 9.88 Å². The Morgan fingerprint density at radius 1 is 1.09 bits per heavy atom. The highest BCUT2D eigenvalue weighted by Gasteiger charge is 2.09. The molecular weight excluding hydrogens is 276 g/mol. The van der Waals surface area contributed by atoms with Crippen molar-refractivity contribution in [2.45, 2.75) is 19.8 Å². The molecule has 1 aromatic carbocycles. The minimum atomic E-state index is -0.0198. The Balaban J connectivity index is 1.76. The molecule has 0 radical (unpaired) electrons. The van der Waals surface area contributed by atoms with Crippen LogP contribution in [0.25, 0.3) is 0 Å². The molecule has 0 atom stereocenters. The summed E-state index contributed by atoms with van der Waals surface area (Å²) in [5.41, 5.74) is 2.43. The van der Waals surface area contributed by atoms with Gasteiger partial charge in [0.25, 0.3) is 5.91 Å². The number of ether oxygens (including phenoxy) is 1. The number of benzene rings is 1. The van der Waals surface area contributed by atoms with Crippen molar-refractivity contribution in [3.8, 4) is 5.75 Å². The molecule has 0 bridgehead atoms. The molecule has 1 aromatic heterocycles. The molecular formula is C18H22N2O2. The van der Waals surface area contributed by atoms with Crippen LogP contribution in [0.4, 0.5) is 0 Å². The molecule has 2 aromatic rings. The highest BCUT2D eigenvalue weighted by atomic mass is 16.5. The van der Waals surface area contributed by atoms with Crippen molar-refractivity contribution in [1.29, 1.82) is 0 Å². The number of aromatic nitrogens is 1. The third-order valence-electron chi connectivity index (χ3n) is 3.60. The van der Waals surface area contributed by atoms with Crippen LogP contribution in [0.2, 0.25) is 0 Å². The first-order valence-electron chi connectivity index (χ1n) is 7.53. The van der Waals surface area contributed by atoms with Crippen LogP contribution in [0.5, 0.6) is 5.75 Å². The summed E-state index contributed by atoms with van der Waals surface area (Å²) in [6.07, 6.45) is 5.34. The fourth-order valence-corrected chi connectivity index (χ4v) is 2.05. The normalized spacial score (nSPS) is 10.3. The van der Waals surface area contributed by atoms with E-state index in [2.05, 4.69) is 11.9 Å². The van der Waals surface area contributed by atoms with E-state index in [-0.39, 0.29) is 12.5 Å². The molecule has 0 aliphatic heterocycles. The Morgan fingerprint density at radius 2 is 1.77 bits per heavy atom. The van der Waals surface area contributed by atoms with Crippen molar-refractivity contribution in [2.24, 2.45) is 0 Å². The van der Waals surface area contributed by atoms with Crippen LogP contribution < -0.4 is 4.74 Å². The van der Waals surface area contributed by atoms with Gasteiger partial charge in [0.15, 0.2) is 6.61 Å². The first-order valence-corrected chi connectivity index (χ1v) is 7.53. The van der Waals surface area contributed by atoms with Gasteiger partial charge in [0, 0.05) is 26.0 Å². The summed E-state index contributed by atoms with van der Waals surface area (Å²) in [6, 6.07) is 11.8. The van der Waals surface area contributed by atoms with E-state index in [1.807, 2.05) is 36.4 Å². The largest absolute Gasteiger partial charge is 0.484 e. The van der Waals surface area contributed by atoms with E-state index in [9.17, 15) is 4.79 Å². The predicted molar refractivity (Wildman–Crippen MR) is 86.9 cm³/mol. The molecule has 0 fully saturated rings. The van der Waals surface area contributed by atoms with E-state index in [4.69, 9.17) is 4.74 Å². The number of aryl methyl sites for hydroxylation is 1. The Labute approximate surface area is 131 Å². The fraction of sp³-hybridized carbons (Fsp3) is 0.333. The number of nitrogens with zero attached hydrogens (tertiary/aromatic N) is 2. The number of hydrogen-bond acceptors (Lipinski definition) is 3. The molecule has 4 nitrogen and oxygen atoms in total. The Hall–Kier alpha value is -2.36. The van der Waals surface area contributed by atoms with Gasteiger partial charge in [-0.2, -0.15) is 0 Å². The first-order chi connectivity index (χ1) is 10.7. The average molecular weight is 298 g/mol. The van der Waals surface area contributed by atoms with E-state index < -0.39 is 0 Å². The van der Waals surface area contributed by atoms with Crippen molar-refractivity contribution in [3.05, 3.63) is 59.9 Å². The molecule has 0 aliphatic carbocycles. The third kappa shape index (κ3) is 4.88. The van der Waals surface area contributed by atoms with Crippen LogP contribution in [0.15, 0.2) is 48.8 Å². The molecule has 0 unspecified atom stereocenters. The monoisotopic (exact) mass is 298 g/mol. The van der Waals surface area contributed by atoms with E-state index in [0.29, 0.717) is 6.54 Å². The van der Waals surface area contributed by atoms with Crippen LogP contribution >= 0.6 is 0 Å². The van der Waals surface area contributed by atoms with Crippen LogP contribution in [0, 0.1) is 0 Å². The minimum Gasteiger partial charge on any atom is -0.484 e. The second-order valence-corrected chi connectivity index (χ2v) is 5.21. The zero-order valence-corrected chi connectivity index (χ0v) is 13.2. The predicted octanol–water partition coefficient (Wildman–Crippen LogP) is 2.72. The van der Waals surface area contributed by atoms with E-state index in [1.165, 1.54) is 11.1 Å². The maximum Gasteiger partial charge on any atom is 0.260 e. The average Bonchev–Trinajstić information content (AvgIpc) is 2.58. The van der Waals surface area contributed by atoms with E-state index >= 15 is 0 Å². The molecule has 4 heteroatoms. The molecule has 0 spiro atoms. The van der Waals surface area contributed by atoms with Gasteiger partial charge in [-0.1, -0.05) is 19.1 Å². The smallest absolute Gasteiger partial charge is 0.260 e. The standard InChI is InChI=1S/C18H22N2O2/c1-3-15-4-6-17(7-5-15)22-14-18(21)20(2)13-10-16-8-11-19-12-9-16/h4-9,11-12H,3,10,13-14H2,1-2H3. The zero-order chi connectivity index (χ0) is 15.8. The number of amides is 1. The first kappa shape index (κ1) is 16.0. The summed E-state index contributed by atoms with van der Waals surface area (Å²) in [5, 5.41) is 0. The van der Waals surface area contributed by atoms with Gasteiger partial charge < -0.3 is 9.64 Å². The Bertz CT molecular complexity index is 582. The Morgan fingerprint density at radius 3 is 2.41 bits per heavy atom. The number of carbonyl (C=O) groups excluding carboxylic acids is 1. The van der Waals surface area contributed by atoms with Gasteiger partial charge >= 0.3 is 0 Å². The summed E-state index contributed by atoms with van der Waals surface area (Å²) in [5.74, 6) is 0.710. The number of carbonyl (C=O) groups is 1. The fourth-order valence-electron chi connectivity index (χ4n) is 2.05. The lowest BCUT2D eigenvalue weighted by Gasteiger charge is -2.17. The molecule has 0 saturated heterocycles. The second-order valence-electron chi connectivity index (χ2n) is 5.21. The topological polar surface area (TPSA) is 42.4 Å². The van der Waals surface area contributed by atoms with Crippen molar-refractivity contribution in [3.63, 3.8) is 0 Å². The van der Waals surface area contributed by atoms with Crippen LogP contribution in [-0.4, -0.2) is 36.0 Å². The number of hydrogen-bond donors (Lipinski definition) is 0. The molecule has 2 rings (SSSR count). The molecule has 0 saturated carbocycles. The summed E-state index contributed by atoms with van der Waals surface area (Å²) in [7, 11) is 1.80. The van der Waals surface area contributed by atoms with Crippen molar-refractivity contribution < 1.29 is 9.53 Å². The molecule has 1 amide bonds. The summed E-state index contributed by atoms with van der Waals surface area (Å²) in [6.45, 7) is 2.84. The lowest BCUT2D eigenvalue weighted by molar-refractivity contribution is -0.132. The number of pyridine rings is 1. The van der Waals surface area contributed by atoms with Gasteiger partial charge in [-0.05, 0) is 48.2 Å². The Kier molecular flexibility index (Phi) is 5.95. The van der Waals surface area contributed by atoms with Gasteiger partial charge in [-0.15, -0.1) is 0 Å². The zero-order valence-electron chi connectivity index (χ0n) is 13.2. The molecule has 0 N–H and O–H groups in total. The summed E-state index contributed by atoms with van der Waals surface area (Å²) < 4.78 is 5.54. The minimum absolute atomic E-state index is 0.0198. The molecule has 22 heavy (non-hydrogen) atoms. The highest BCUT2D eigenvalue weighted by molar-refractivity contribution is 5.77. The number of likely N-dealkylation sites (N-methyl/N-ethyl adjacent to an activating group) is 1. The second kappa shape index (κ2) is 8.17. The van der Waals surface area contributed by atoms with E-state index in [0.717, 1.165) is 18.6 Å². The lowest BCUT2D eigenvalue weighted by Crippen LogP contribution is -2.33. The third-order valence-corrected chi connectivity index (χ3v) is 3.60. The van der Waals surface area contributed by atoms with Crippen LogP contribution in [0.3, 0.4) is 0 Å². The van der Waals surface area contributed by atoms with Gasteiger partial charge in [0.2, 0.25) is 0 Å². The van der Waals surface area contributed by atoms with Crippen molar-refractivity contribution in [2.75, 3.05) is 20.2 Å². The van der Waals surface area contributed by atoms with Gasteiger partial charge in [-0.3, -0.25) is 9.78 Å². The van der Waals surface area contributed by atoms with Gasteiger partial charge in [-0.25, -0.2) is 0 Å². The van der Waals surface area contributed by atoms with Crippen LogP contribution in [0.1, 0.15) is 18.1 Å². The van der Waals surface area contributed by atoms with Crippen LogP contribution in [-0.2, 0) is 17.6 Å². The lowest BCUT2D eigenvalue weighted by atomic mass is 10.2. The SMILES string of the molecule is CCc1ccc(OCC(=O)N(C)CCc2ccncc2)cc1. The highest BCUT2D eigenvalue weighted by Crippen LogP contribution is 2.12. The van der Waals surface area contributed by atoms with Gasteiger partial charge in [0.1, 0.15) is 5.75 Å². The van der Waals surface area contributed by atoms with Gasteiger partial charge in [0.05, 0.1) is 0 Å². The molecule has 1 heterocycles. The molecule has 116 valence electrons. The van der Waals surface area contributed by atoms with E-state index in [1.54, 1.807) is 24.3 Å². The van der Waals surface area contributed by atoms with Crippen molar-refractivity contribution >= 4 is 5.91 Å².